The van der Waals surface area contributed by atoms with Crippen LogP contribution >= 0.6 is 0 Å². The Morgan fingerprint density at radius 2 is 1.62 bits per heavy atom. The maximum atomic E-state index is 14.0. The van der Waals surface area contributed by atoms with Gasteiger partial charge in [0, 0.05) is 19.2 Å². The van der Waals surface area contributed by atoms with Gasteiger partial charge in [-0.3, -0.25) is 13.9 Å². The number of rotatable bonds is 13. The van der Waals surface area contributed by atoms with Crippen LogP contribution in [0.5, 0.6) is 11.5 Å². The van der Waals surface area contributed by atoms with Gasteiger partial charge in [0.05, 0.1) is 24.8 Å². The summed E-state index contributed by atoms with van der Waals surface area (Å²) in [5.41, 5.74) is 0.667. The van der Waals surface area contributed by atoms with Crippen molar-refractivity contribution in [2.45, 2.75) is 37.8 Å². The molecule has 0 saturated carbocycles. The van der Waals surface area contributed by atoms with Crippen LogP contribution in [0.3, 0.4) is 0 Å². The minimum atomic E-state index is -4.28. The lowest BCUT2D eigenvalue weighted by molar-refractivity contribution is -0.140. The van der Waals surface area contributed by atoms with Crippen molar-refractivity contribution in [3.8, 4) is 11.5 Å². The fraction of sp³-hybridized carbons (Fsp3) is 0.310. The van der Waals surface area contributed by atoms with Gasteiger partial charge in [0.2, 0.25) is 11.8 Å². The molecule has 3 aromatic carbocycles. The standard InChI is InChI=1S/C29H34FN3O6S/c1-5-25(29(35)31-6-2)32(19-21-12-14-22(30)15-13-21)28(34)20-33(40(36,37)24-10-8-7-9-11-24)26-18-23(38-3)16-17-27(26)39-4/h7-18,25H,5-6,19-20H2,1-4H3,(H,31,35)/t25-/m1/s1. The molecule has 0 aliphatic rings. The first kappa shape index (κ1) is 30.4. The lowest BCUT2D eigenvalue weighted by Crippen LogP contribution is -2.52. The normalized spacial score (nSPS) is 11.8. The Labute approximate surface area is 234 Å². The third-order valence-electron chi connectivity index (χ3n) is 6.27. The van der Waals surface area contributed by atoms with Crippen LogP contribution in [0.2, 0.25) is 0 Å². The molecule has 9 nitrogen and oxygen atoms in total. The SMILES string of the molecule is CCNC(=O)[C@@H](CC)N(Cc1ccc(F)cc1)C(=O)CN(c1cc(OC)ccc1OC)S(=O)(=O)c1ccccc1. The van der Waals surface area contributed by atoms with Crippen LogP contribution in [-0.2, 0) is 26.2 Å². The summed E-state index contributed by atoms with van der Waals surface area (Å²) >= 11 is 0. The van der Waals surface area contributed by atoms with Gasteiger partial charge in [0.15, 0.2) is 0 Å². The van der Waals surface area contributed by atoms with Gasteiger partial charge in [0.1, 0.15) is 29.9 Å². The van der Waals surface area contributed by atoms with Crippen molar-refractivity contribution in [3.63, 3.8) is 0 Å². The molecule has 1 N–H and O–H groups in total. The van der Waals surface area contributed by atoms with E-state index in [1.807, 2.05) is 0 Å². The predicted octanol–water partition coefficient (Wildman–Crippen LogP) is 3.98. The van der Waals surface area contributed by atoms with Crippen LogP contribution < -0.4 is 19.1 Å². The summed E-state index contributed by atoms with van der Waals surface area (Å²) in [7, 11) is -1.45. The first-order valence-electron chi connectivity index (χ1n) is 12.8. The number of likely N-dealkylation sites (N-methyl/N-ethyl adjacent to an activating group) is 1. The zero-order valence-electron chi connectivity index (χ0n) is 23.0. The highest BCUT2D eigenvalue weighted by atomic mass is 32.2. The van der Waals surface area contributed by atoms with Crippen LogP contribution in [0.1, 0.15) is 25.8 Å². The molecule has 1 atom stereocenters. The number of anilines is 1. The van der Waals surface area contributed by atoms with E-state index < -0.39 is 34.3 Å². The van der Waals surface area contributed by atoms with E-state index in [1.54, 1.807) is 44.2 Å². The number of ether oxygens (including phenoxy) is 2. The summed E-state index contributed by atoms with van der Waals surface area (Å²) in [6, 6.07) is 17.0. The number of carbonyl (C=O) groups is 2. The van der Waals surface area contributed by atoms with E-state index in [4.69, 9.17) is 9.47 Å². The van der Waals surface area contributed by atoms with Crippen molar-refractivity contribution in [2.24, 2.45) is 0 Å². The van der Waals surface area contributed by atoms with Crippen LogP contribution in [0.15, 0.2) is 77.7 Å². The van der Waals surface area contributed by atoms with Crippen LogP contribution in [0.25, 0.3) is 0 Å². The molecule has 0 fully saturated rings. The number of benzene rings is 3. The molecule has 0 aliphatic heterocycles. The van der Waals surface area contributed by atoms with E-state index in [-0.39, 0.29) is 35.2 Å². The zero-order chi connectivity index (χ0) is 29.3. The van der Waals surface area contributed by atoms with E-state index in [0.717, 1.165) is 4.31 Å². The fourth-order valence-corrected chi connectivity index (χ4v) is 5.66. The number of methoxy groups -OCH3 is 2. The van der Waals surface area contributed by atoms with Crippen molar-refractivity contribution in [3.05, 3.63) is 84.2 Å². The monoisotopic (exact) mass is 571 g/mol. The van der Waals surface area contributed by atoms with Gasteiger partial charge in [-0.25, -0.2) is 12.8 Å². The lowest BCUT2D eigenvalue weighted by atomic mass is 10.1. The summed E-state index contributed by atoms with van der Waals surface area (Å²) in [4.78, 5) is 28.3. The van der Waals surface area contributed by atoms with Crippen molar-refractivity contribution >= 4 is 27.5 Å². The number of nitrogens with zero attached hydrogens (tertiary/aromatic N) is 2. The second-order valence-corrected chi connectivity index (χ2v) is 10.7. The minimum Gasteiger partial charge on any atom is -0.497 e. The van der Waals surface area contributed by atoms with Gasteiger partial charge in [0.25, 0.3) is 10.0 Å². The summed E-state index contributed by atoms with van der Waals surface area (Å²) in [5, 5.41) is 2.74. The number of halogens is 1. The highest BCUT2D eigenvalue weighted by Crippen LogP contribution is 2.36. The molecular weight excluding hydrogens is 537 g/mol. The van der Waals surface area contributed by atoms with Crippen LogP contribution in [0.4, 0.5) is 10.1 Å². The molecule has 0 spiro atoms. The Morgan fingerprint density at radius 1 is 0.950 bits per heavy atom. The smallest absolute Gasteiger partial charge is 0.264 e. The summed E-state index contributed by atoms with van der Waals surface area (Å²) in [5.74, 6) is -0.895. The molecule has 0 aliphatic carbocycles. The number of sulfonamides is 1. The largest absolute Gasteiger partial charge is 0.497 e. The van der Waals surface area contributed by atoms with Gasteiger partial charge in [-0.15, -0.1) is 0 Å². The molecule has 0 heterocycles. The molecule has 0 aromatic heterocycles. The second-order valence-electron chi connectivity index (χ2n) is 8.83. The predicted molar refractivity (Wildman–Crippen MR) is 150 cm³/mol. The molecule has 3 rings (SSSR count). The van der Waals surface area contributed by atoms with Gasteiger partial charge in [-0.1, -0.05) is 37.3 Å². The molecule has 0 unspecified atom stereocenters. The zero-order valence-corrected chi connectivity index (χ0v) is 23.8. The quantitative estimate of drug-likeness (QED) is 0.333. The molecular formula is C29H34FN3O6S. The third kappa shape index (κ3) is 7.09. The molecule has 0 bridgehead atoms. The molecule has 214 valence electrons. The fourth-order valence-electron chi connectivity index (χ4n) is 4.22. The lowest BCUT2D eigenvalue weighted by Gasteiger charge is -2.33. The molecule has 40 heavy (non-hydrogen) atoms. The number of hydrogen-bond donors (Lipinski definition) is 1. The van der Waals surface area contributed by atoms with E-state index in [9.17, 15) is 22.4 Å². The first-order chi connectivity index (χ1) is 19.2. The Balaban J connectivity index is 2.13. The molecule has 0 radical (unpaired) electrons. The van der Waals surface area contributed by atoms with Gasteiger partial charge in [-0.05, 0) is 55.3 Å². The van der Waals surface area contributed by atoms with Crippen molar-refractivity contribution in [1.82, 2.24) is 10.2 Å². The number of hydrogen-bond acceptors (Lipinski definition) is 6. The minimum absolute atomic E-state index is 0.0338. The van der Waals surface area contributed by atoms with E-state index in [1.165, 1.54) is 61.6 Å². The molecule has 0 saturated heterocycles. The summed E-state index contributed by atoms with van der Waals surface area (Å²) < 4.78 is 53.3. The molecule has 11 heteroatoms. The van der Waals surface area contributed by atoms with Gasteiger partial charge in [-0.2, -0.15) is 0 Å². The van der Waals surface area contributed by atoms with E-state index in [2.05, 4.69) is 5.32 Å². The van der Waals surface area contributed by atoms with Crippen LogP contribution in [-0.4, -0.2) is 58.5 Å². The number of nitrogens with one attached hydrogen (secondary N) is 1. The maximum absolute atomic E-state index is 14.0. The highest BCUT2D eigenvalue weighted by Gasteiger charge is 2.34. The molecule has 3 aromatic rings. The molecule has 2 amide bonds. The Kier molecular flexibility index (Phi) is 10.5. The van der Waals surface area contributed by atoms with Crippen molar-refractivity contribution < 1.29 is 31.9 Å². The third-order valence-corrected chi connectivity index (χ3v) is 8.04. The Hall–Kier alpha value is -4.12. The van der Waals surface area contributed by atoms with Crippen molar-refractivity contribution in [2.75, 3.05) is 31.6 Å². The number of carbonyl (C=O) groups excluding carboxylic acids is 2. The Morgan fingerprint density at radius 3 is 2.20 bits per heavy atom. The summed E-state index contributed by atoms with van der Waals surface area (Å²) in [6.07, 6.45) is 0.271. The first-order valence-corrected chi connectivity index (χ1v) is 14.2. The summed E-state index contributed by atoms with van der Waals surface area (Å²) in [6.45, 7) is 3.19. The van der Waals surface area contributed by atoms with E-state index >= 15 is 0 Å². The topological polar surface area (TPSA) is 105 Å². The maximum Gasteiger partial charge on any atom is 0.264 e. The average Bonchev–Trinajstić information content (AvgIpc) is 2.96. The van der Waals surface area contributed by atoms with Gasteiger partial charge >= 0.3 is 0 Å². The number of amides is 2. The van der Waals surface area contributed by atoms with Crippen LogP contribution in [0, 0.1) is 5.82 Å². The van der Waals surface area contributed by atoms with Crippen molar-refractivity contribution in [1.29, 1.82) is 0 Å². The second kappa shape index (κ2) is 13.8. The highest BCUT2D eigenvalue weighted by molar-refractivity contribution is 7.92. The van der Waals surface area contributed by atoms with E-state index in [0.29, 0.717) is 17.9 Å². The average molecular weight is 572 g/mol. The van der Waals surface area contributed by atoms with Gasteiger partial charge < -0.3 is 19.7 Å². The Bertz CT molecular complexity index is 1400.